The Balaban J connectivity index is 2.13. The van der Waals surface area contributed by atoms with E-state index in [1.165, 1.54) is 3.97 Å². The number of aryl methyl sites for hydroxylation is 1. The lowest BCUT2D eigenvalue weighted by atomic mass is 9.79. The molecule has 2 N–H and O–H groups in total. The van der Waals surface area contributed by atoms with Gasteiger partial charge in [0.1, 0.15) is 0 Å². The quantitative estimate of drug-likeness (QED) is 0.644. The maximum atomic E-state index is 12.8. The number of hydrogen-bond acceptors (Lipinski definition) is 4. The molecule has 0 aliphatic carbocycles. The molecule has 1 aromatic heterocycles. The van der Waals surface area contributed by atoms with Gasteiger partial charge in [-0.2, -0.15) is 0 Å². The summed E-state index contributed by atoms with van der Waals surface area (Å²) in [5.41, 5.74) is 2.02. The van der Waals surface area contributed by atoms with Gasteiger partial charge in [0.2, 0.25) is 0 Å². The second-order valence-electron chi connectivity index (χ2n) is 7.38. The Morgan fingerprint density at radius 2 is 1.78 bits per heavy atom. The third kappa shape index (κ3) is 5.00. The minimum Gasteiger partial charge on any atom is -0.396 e. The summed E-state index contributed by atoms with van der Waals surface area (Å²) >= 11 is 0. The zero-order chi connectivity index (χ0) is 20.1. The number of benzene rings is 1. The van der Waals surface area contributed by atoms with Crippen LogP contribution in [0.5, 0.6) is 0 Å². The first-order valence-electron chi connectivity index (χ1n) is 9.62. The number of aliphatic hydroxyl groups is 1. The summed E-state index contributed by atoms with van der Waals surface area (Å²) in [7, 11) is -3.57. The third-order valence-corrected chi connectivity index (χ3v) is 7.36. The Kier molecular flexibility index (Phi) is 7.25. The van der Waals surface area contributed by atoms with Gasteiger partial charge in [0.25, 0.3) is 10.0 Å². The van der Waals surface area contributed by atoms with E-state index in [4.69, 9.17) is 0 Å². The van der Waals surface area contributed by atoms with Crippen molar-refractivity contribution in [2.45, 2.75) is 57.9 Å². The van der Waals surface area contributed by atoms with Gasteiger partial charge in [0.15, 0.2) is 0 Å². The zero-order valence-electron chi connectivity index (χ0n) is 16.8. The normalized spacial score (nSPS) is 13.7. The molecule has 0 bridgehead atoms. The first-order valence-corrected chi connectivity index (χ1v) is 11.1. The second kappa shape index (κ2) is 9.04. The van der Waals surface area contributed by atoms with Crippen LogP contribution in [0.4, 0.5) is 0 Å². The summed E-state index contributed by atoms with van der Waals surface area (Å²) < 4.78 is 26.9. The van der Waals surface area contributed by atoms with E-state index in [1.54, 1.807) is 36.7 Å². The highest BCUT2D eigenvalue weighted by Gasteiger charge is 2.26. The molecule has 0 fully saturated rings. The van der Waals surface area contributed by atoms with Crippen LogP contribution in [-0.2, 0) is 10.0 Å². The molecule has 1 heterocycles. The molecule has 1 atom stereocenters. The van der Waals surface area contributed by atoms with E-state index >= 15 is 0 Å². The molecule has 0 unspecified atom stereocenters. The van der Waals surface area contributed by atoms with Crippen molar-refractivity contribution in [3.8, 4) is 0 Å². The highest BCUT2D eigenvalue weighted by molar-refractivity contribution is 7.90. The SMILES string of the molecule is CCC(CC)(CCO)CN[C@@H](C)c1ccn(S(=O)(=O)c2ccc(C)cc2)c1. The van der Waals surface area contributed by atoms with Crippen molar-refractivity contribution < 1.29 is 13.5 Å². The van der Waals surface area contributed by atoms with Gasteiger partial charge < -0.3 is 10.4 Å². The maximum absolute atomic E-state index is 12.8. The monoisotopic (exact) mass is 392 g/mol. The molecule has 5 nitrogen and oxygen atoms in total. The van der Waals surface area contributed by atoms with Crippen molar-refractivity contribution in [3.63, 3.8) is 0 Å². The van der Waals surface area contributed by atoms with Crippen molar-refractivity contribution in [3.05, 3.63) is 53.9 Å². The maximum Gasteiger partial charge on any atom is 0.267 e. The molecule has 27 heavy (non-hydrogen) atoms. The summed E-state index contributed by atoms with van der Waals surface area (Å²) in [4.78, 5) is 0.287. The topological polar surface area (TPSA) is 71.3 Å². The summed E-state index contributed by atoms with van der Waals surface area (Å²) in [5.74, 6) is 0. The molecule has 0 aliphatic heterocycles. The van der Waals surface area contributed by atoms with Crippen LogP contribution >= 0.6 is 0 Å². The van der Waals surface area contributed by atoms with Gasteiger partial charge in [-0.1, -0.05) is 31.5 Å². The number of nitrogens with zero attached hydrogens (tertiary/aromatic N) is 1. The van der Waals surface area contributed by atoms with Crippen LogP contribution in [-0.4, -0.2) is 30.6 Å². The highest BCUT2D eigenvalue weighted by atomic mass is 32.2. The molecule has 1 aromatic carbocycles. The zero-order valence-corrected chi connectivity index (χ0v) is 17.6. The fourth-order valence-electron chi connectivity index (χ4n) is 3.30. The molecule has 0 spiro atoms. The largest absolute Gasteiger partial charge is 0.396 e. The average molecular weight is 393 g/mol. The molecule has 2 aromatic rings. The van der Waals surface area contributed by atoms with Crippen LogP contribution in [0.3, 0.4) is 0 Å². The Hall–Kier alpha value is -1.63. The lowest BCUT2D eigenvalue weighted by molar-refractivity contribution is 0.160. The van der Waals surface area contributed by atoms with E-state index in [0.29, 0.717) is 0 Å². The molecule has 2 rings (SSSR count). The van der Waals surface area contributed by atoms with E-state index < -0.39 is 10.0 Å². The summed E-state index contributed by atoms with van der Waals surface area (Å²) in [6.07, 6.45) is 6.03. The molecular weight excluding hydrogens is 360 g/mol. The fraction of sp³-hybridized carbons (Fsp3) is 0.524. The van der Waals surface area contributed by atoms with Gasteiger partial charge in [-0.15, -0.1) is 0 Å². The van der Waals surface area contributed by atoms with Gasteiger partial charge in [0, 0.05) is 31.6 Å². The summed E-state index contributed by atoms with van der Waals surface area (Å²) in [5, 5.41) is 12.9. The Bertz CT molecular complexity index is 821. The second-order valence-corrected chi connectivity index (χ2v) is 9.22. The van der Waals surface area contributed by atoms with Crippen molar-refractivity contribution in [1.29, 1.82) is 0 Å². The van der Waals surface area contributed by atoms with Crippen LogP contribution in [0.15, 0.2) is 47.6 Å². The van der Waals surface area contributed by atoms with Gasteiger partial charge in [-0.25, -0.2) is 12.4 Å². The van der Waals surface area contributed by atoms with Gasteiger partial charge in [-0.05, 0) is 62.3 Å². The van der Waals surface area contributed by atoms with E-state index in [0.717, 1.165) is 36.9 Å². The highest BCUT2D eigenvalue weighted by Crippen LogP contribution is 2.30. The molecule has 0 saturated carbocycles. The van der Waals surface area contributed by atoms with Gasteiger partial charge in [0.05, 0.1) is 4.90 Å². The standard InChI is InChI=1S/C21H32N2O3S/c1-5-21(6-2,12-14-24)16-22-18(4)19-11-13-23(15-19)27(25,26)20-9-7-17(3)8-10-20/h7-11,13,15,18,22,24H,5-6,12,14,16H2,1-4H3/t18-/m0/s1. The van der Waals surface area contributed by atoms with Crippen LogP contribution in [0.25, 0.3) is 0 Å². The molecule has 0 radical (unpaired) electrons. The number of rotatable bonds is 10. The molecule has 150 valence electrons. The van der Waals surface area contributed by atoms with Crippen LogP contribution in [0.2, 0.25) is 0 Å². The predicted octanol–water partition coefficient (Wildman–Crippen LogP) is 3.87. The first kappa shape index (κ1) is 21.7. The van der Waals surface area contributed by atoms with E-state index in [1.807, 2.05) is 19.9 Å². The Labute approximate surface area is 163 Å². The van der Waals surface area contributed by atoms with Gasteiger partial charge >= 0.3 is 0 Å². The molecule has 0 saturated heterocycles. The van der Waals surface area contributed by atoms with E-state index in [2.05, 4.69) is 19.2 Å². The van der Waals surface area contributed by atoms with Crippen LogP contribution in [0, 0.1) is 12.3 Å². The minimum absolute atomic E-state index is 0.0237. The Morgan fingerprint density at radius 1 is 1.15 bits per heavy atom. The third-order valence-electron chi connectivity index (χ3n) is 5.71. The first-order chi connectivity index (χ1) is 12.8. The smallest absolute Gasteiger partial charge is 0.267 e. The summed E-state index contributed by atoms with van der Waals surface area (Å²) in [6.45, 7) is 9.24. The van der Waals surface area contributed by atoms with Crippen molar-refractivity contribution in [1.82, 2.24) is 9.29 Å². The molecular formula is C21H32N2O3S. The van der Waals surface area contributed by atoms with E-state index in [-0.39, 0.29) is 23.0 Å². The lowest BCUT2D eigenvalue weighted by Crippen LogP contribution is -2.35. The Morgan fingerprint density at radius 3 is 2.33 bits per heavy atom. The number of aliphatic hydroxyl groups excluding tert-OH is 1. The average Bonchev–Trinajstić information content (AvgIpc) is 3.16. The minimum atomic E-state index is -3.57. The van der Waals surface area contributed by atoms with Crippen molar-refractivity contribution >= 4 is 10.0 Å². The predicted molar refractivity (Wildman–Crippen MR) is 109 cm³/mol. The number of hydrogen-bond donors (Lipinski definition) is 2. The number of nitrogens with one attached hydrogen (secondary N) is 1. The fourth-order valence-corrected chi connectivity index (χ4v) is 4.50. The van der Waals surface area contributed by atoms with Crippen LogP contribution in [0.1, 0.15) is 57.2 Å². The summed E-state index contributed by atoms with van der Waals surface area (Å²) in [6, 6.07) is 8.75. The molecule has 0 aliphatic rings. The van der Waals surface area contributed by atoms with Crippen molar-refractivity contribution in [2.75, 3.05) is 13.2 Å². The molecule has 6 heteroatoms. The number of aromatic nitrogens is 1. The van der Waals surface area contributed by atoms with Gasteiger partial charge in [-0.3, -0.25) is 0 Å². The van der Waals surface area contributed by atoms with E-state index in [9.17, 15) is 13.5 Å². The lowest BCUT2D eigenvalue weighted by Gasteiger charge is -2.32. The molecule has 0 amide bonds. The van der Waals surface area contributed by atoms with Crippen molar-refractivity contribution in [2.24, 2.45) is 5.41 Å². The van der Waals surface area contributed by atoms with Crippen LogP contribution < -0.4 is 5.32 Å².